The predicted octanol–water partition coefficient (Wildman–Crippen LogP) is 8.99. The highest BCUT2D eigenvalue weighted by Gasteiger charge is 2.70. The molecule has 1 N–H and O–H groups in total. The van der Waals surface area contributed by atoms with E-state index in [2.05, 4.69) is 84.9 Å². The fraction of sp³-hybridized carbons (Fsp3) is 0.676. The van der Waals surface area contributed by atoms with Gasteiger partial charge in [-0.25, -0.2) is 0 Å². The molecule has 40 heavy (non-hydrogen) atoms. The molecule has 1 aromatic rings. The molecule has 9 atom stereocenters. The Morgan fingerprint density at radius 1 is 0.925 bits per heavy atom. The first kappa shape index (κ1) is 28.0. The Kier molecular flexibility index (Phi) is 6.24. The third-order valence-electron chi connectivity index (χ3n) is 14.1. The number of benzene rings is 1. The summed E-state index contributed by atoms with van der Waals surface area (Å²) >= 11 is 0. The highest BCUT2D eigenvalue weighted by Crippen LogP contribution is 2.75. The standard InChI is InChI=1S/C37H50O3/c1-23-15-18-37(32(39)40)20-19-35(6)27(30(37)24(23)2)13-14-29-34(5)22-26(21-25-11-9-8-10-12-25)31(38)33(3,4)28(34)16-17-36(29,35)7/h8-13,21,23-24,28-30H,14-20,22H2,1-7H3,(H,39,40)/b26-21+/t23-,24+,28+,29-,30+,34+,35-,36-,37+/m1/s1. The van der Waals surface area contributed by atoms with Crippen molar-refractivity contribution in [1.82, 2.24) is 0 Å². The Morgan fingerprint density at radius 3 is 2.30 bits per heavy atom. The first-order valence-electron chi connectivity index (χ1n) is 16.0. The zero-order valence-corrected chi connectivity index (χ0v) is 25.8. The fourth-order valence-corrected chi connectivity index (χ4v) is 11.6. The van der Waals surface area contributed by atoms with E-state index in [4.69, 9.17) is 0 Å². The molecular formula is C37H50O3. The average Bonchev–Trinajstić information content (AvgIpc) is 2.90. The number of hydrogen-bond acceptors (Lipinski definition) is 2. The van der Waals surface area contributed by atoms with E-state index < -0.39 is 16.8 Å². The third kappa shape index (κ3) is 3.48. The Morgan fingerprint density at radius 2 is 1.62 bits per heavy atom. The lowest BCUT2D eigenvalue weighted by Crippen LogP contribution is -2.65. The van der Waals surface area contributed by atoms with Crippen LogP contribution >= 0.6 is 0 Å². The minimum atomic E-state index is -0.605. The summed E-state index contributed by atoms with van der Waals surface area (Å²) < 4.78 is 0. The number of carboxylic acid groups (broad SMARTS) is 1. The van der Waals surface area contributed by atoms with E-state index >= 15 is 0 Å². The van der Waals surface area contributed by atoms with Crippen LogP contribution in [0.4, 0.5) is 0 Å². The van der Waals surface area contributed by atoms with Crippen LogP contribution in [-0.4, -0.2) is 16.9 Å². The number of carboxylic acids is 1. The molecule has 0 heterocycles. The molecule has 0 saturated heterocycles. The molecule has 6 rings (SSSR count). The van der Waals surface area contributed by atoms with E-state index in [0.717, 1.165) is 62.5 Å². The van der Waals surface area contributed by atoms with Crippen molar-refractivity contribution < 1.29 is 14.7 Å². The molecule has 0 spiro atoms. The van der Waals surface area contributed by atoms with Crippen molar-refractivity contribution in [1.29, 1.82) is 0 Å². The Hall–Kier alpha value is -2.16. The molecule has 0 bridgehead atoms. The molecule has 5 aliphatic rings. The van der Waals surface area contributed by atoms with E-state index in [1.165, 1.54) is 5.57 Å². The van der Waals surface area contributed by atoms with E-state index in [1.807, 2.05) is 6.07 Å². The molecule has 0 radical (unpaired) electrons. The molecule has 3 heteroatoms. The van der Waals surface area contributed by atoms with Gasteiger partial charge in [-0.15, -0.1) is 0 Å². The summed E-state index contributed by atoms with van der Waals surface area (Å²) in [5.41, 5.74) is 2.68. The quantitative estimate of drug-likeness (QED) is 0.300. The van der Waals surface area contributed by atoms with Crippen LogP contribution in [0.3, 0.4) is 0 Å². The second-order valence-corrected chi connectivity index (χ2v) is 15.9. The van der Waals surface area contributed by atoms with E-state index in [-0.39, 0.29) is 22.2 Å². The molecule has 4 saturated carbocycles. The molecule has 0 aromatic heterocycles. The molecule has 1 aromatic carbocycles. The number of fused-ring (bicyclic) bond motifs is 7. The van der Waals surface area contributed by atoms with Gasteiger partial charge >= 0.3 is 5.97 Å². The summed E-state index contributed by atoms with van der Waals surface area (Å²) in [4.78, 5) is 26.9. The maximum atomic E-state index is 14.0. The van der Waals surface area contributed by atoms with Crippen molar-refractivity contribution in [3.63, 3.8) is 0 Å². The zero-order chi connectivity index (χ0) is 28.9. The van der Waals surface area contributed by atoms with Crippen LogP contribution < -0.4 is 0 Å². The van der Waals surface area contributed by atoms with Gasteiger partial charge in [-0.1, -0.05) is 90.4 Å². The van der Waals surface area contributed by atoms with Crippen molar-refractivity contribution in [3.05, 3.63) is 53.1 Å². The van der Waals surface area contributed by atoms with Crippen LogP contribution in [0.2, 0.25) is 0 Å². The molecule has 216 valence electrons. The monoisotopic (exact) mass is 542 g/mol. The lowest BCUT2D eigenvalue weighted by Gasteiger charge is -2.70. The first-order chi connectivity index (χ1) is 18.7. The largest absolute Gasteiger partial charge is 0.481 e. The molecule has 0 amide bonds. The number of hydrogen-bond donors (Lipinski definition) is 1. The van der Waals surface area contributed by atoms with Gasteiger partial charge in [0.15, 0.2) is 5.78 Å². The lowest BCUT2D eigenvalue weighted by molar-refractivity contribution is -0.185. The summed E-state index contributed by atoms with van der Waals surface area (Å²) in [5, 5.41) is 10.7. The minimum absolute atomic E-state index is 0.00621. The van der Waals surface area contributed by atoms with Gasteiger partial charge in [0.2, 0.25) is 0 Å². The van der Waals surface area contributed by atoms with E-state index in [1.54, 1.807) is 0 Å². The van der Waals surface area contributed by atoms with Gasteiger partial charge in [0.05, 0.1) is 5.41 Å². The van der Waals surface area contributed by atoms with Crippen LogP contribution in [0.1, 0.15) is 105 Å². The topological polar surface area (TPSA) is 54.4 Å². The summed E-state index contributed by atoms with van der Waals surface area (Å²) in [6.45, 7) is 16.7. The Balaban J connectivity index is 1.46. The lowest BCUT2D eigenvalue weighted by atomic mass is 9.33. The van der Waals surface area contributed by atoms with Gasteiger partial charge in [-0.3, -0.25) is 9.59 Å². The highest BCUT2D eigenvalue weighted by atomic mass is 16.4. The summed E-state index contributed by atoms with van der Waals surface area (Å²) in [7, 11) is 0. The summed E-state index contributed by atoms with van der Waals surface area (Å²) in [5.74, 6) is 1.65. The summed E-state index contributed by atoms with van der Waals surface area (Å²) in [6.07, 6.45) is 12.3. The van der Waals surface area contributed by atoms with Gasteiger partial charge in [0, 0.05) is 5.41 Å². The SMILES string of the molecule is C[C@H]1[C@H](C)CC[C@]2(C(=O)O)CC[C@]3(C)C(=CC[C@@H]4[C@@]5(C)C/C(=C\c6ccccc6)C(=O)C(C)(C)[C@@H]5CC[C@]43C)[C@H]12. The van der Waals surface area contributed by atoms with Crippen LogP contribution in [0.15, 0.2) is 47.6 Å². The third-order valence-corrected chi connectivity index (χ3v) is 14.1. The Bertz CT molecular complexity index is 1290. The molecule has 4 fully saturated rings. The van der Waals surface area contributed by atoms with Gasteiger partial charge in [-0.2, -0.15) is 0 Å². The van der Waals surface area contributed by atoms with E-state index in [9.17, 15) is 14.7 Å². The maximum Gasteiger partial charge on any atom is 0.310 e. The van der Waals surface area contributed by atoms with Crippen molar-refractivity contribution >= 4 is 17.8 Å². The van der Waals surface area contributed by atoms with Gasteiger partial charge in [-0.05, 0) is 114 Å². The van der Waals surface area contributed by atoms with Crippen LogP contribution in [0.25, 0.3) is 6.08 Å². The summed E-state index contributed by atoms with van der Waals surface area (Å²) in [6, 6.07) is 10.3. The van der Waals surface area contributed by atoms with Crippen LogP contribution in [-0.2, 0) is 9.59 Å². The number of allylic oxidation sites excluding steroid dienone is 3. The number of Topliss-reactive ketones (excluding diaryl/α,β-unsaturated/α-hetero) is 1. The maximum absolute atomic E-state index is 14.0. The normalized spacial score (nSPS) is 46.9. The van der Waals surface area contributed by atoms with Gasteiger partial charge < -0.3 is 5.11 Å². The smallest absolute Gasteiger partial charge is 0.310 e. The molecule has 5 aliphatic carbocycles. The zero-order valence-electron chi connectivity index (χ0n) is 25.8. The van der Waals surface area contributed by atoms with Gasteiger partial charge in [0.25, 0.3) is 0 Å². The fourth-order valence-electron chi connectivity index (χ4n) is 11.6. The van der Waals surface area contributed by atoms with E-state index in [0.29, 0.717) is 29.5 Å². The minimum Gasteiger partial charge on any atom is -0.481 e. The number of rotatable bonds is 2. The van der Waals surface area contributed by atoms with Crippen LogP contribution in [0.5, 0.6) is 0 Å². The number of carbonyl (C=O) groups is 2. The molecule has 0 unspecified atom stereocenters. The molecule has 0 aliphatic heterocycles. The number of ketones is 1. The number of carbonyl (C=O) groups excluding carboxylic acids is 1. The average molecular weight is 543 g/mol. The van der Waals surface area contributed by atoms with Crippen LogP contribution in [0, 0.1) is 56.7 Å². The molecule has 3 nitrogen and oxygen atoms in total. The predicted molar refractivity (Wildman–Crippen MR) is 161 cm³/mol. The highest BCUT2D eigenvalue weighted by molar-refractivity contribution is 6.04. The molecular weight excluding hydrogens is 492 g/mol. The second-order valence-electron chi connectivity index (χ2n) is 15.9. The van der Waals surface area contributed by atoms with Crippen molar-refractivity contribution in [2.24, 2.45) is 56.7 Å². The second kappa shape index (κ2) is 8.92. The van der Waals surface area contributed by atoms with Crippen molar-refractivity contribution in [2.45, 2.75) is 99.8 Å². The number of aliphatic carboxylic acids is 1. The van der Waals surface area contributed by atoms with Crippen molar-refractivity contribution in [2.75, 3.05) is 0 Å². The van der Waals surface area contributed by atoms with Crippen molar-refractivity contribution in [3.8, 4) is 0 Å². The first-order valence-corrected chi connectivity index (χ1v) is 16.0. The van der Waals surface area contributed by atoms with Gasteiger partial charge in [0.1, 0.15) is 0 Å². The Labute approximate surface area is 241 Å².